The summed E-state index contributed by atoms with van der Waals surface area (Å²) in [6.45, 7) is 7.59. The van der Waals surface area contributed by atoms with Gasteiger partial charge in [-0.2, -0.15) is 9.97 Å². The number of hydrogen-bond acceptors (Lipinski definition) is 7. The van der Waals surface area contributed by atoms with E-state index in [0.717, 1.165) is 65.0 Å². The molecule has 1 aliphatic carbocycles. The number of anilines is 2. The molecule has 1 atom stereocenters. The number of rotatable bonds is 7. The molecule has 2 aliphatic heterocycles. The Hall–Kier alpha value is -2.58. The van der Waals surface area contributed by atoms with Crippen molar-refractivity contribution in [2.24, 2.45) is 11.3 Å². The minimum absolute atomic E-state index is 0.224. The van der Waals surface area contributed by atoms with E-state index < -0.39 is 0 Å². The number of phenols is 1. The molecule has 8 heteroatoms. The fourth-order valence-electron chi connectivity index (χ4n) is 6.31. The molecule has 3 heterocycles. The van der Waals surface area contributed by atoms with Gasteiger partial charge in [0.1, 0.15) is 11.6 Å². The summed E-state index contributed by atoms with van der Waals surface area (Å²) in [5, 5.41) is 12.7. The van der Waals surface area contributed by atoms with Crippen molar-refractivity contribution in [2.45, 2.75) is 45.6 Å². The third-order valence-corrected chi connectivity index (χ3v) is 8.99. The highest BCUT2D eigenvalue weighted by atomic mass is 79.9. The predicted octanol–water partition coefficient (Wildman–Crippen LogP) is 5.62. The predicted molar refractivity (Wildman–Crippen MR) is 156 cm³/mol. The molecule has 7 nitrogen and oxygen atoms in total. The van der Waals surface area contributed by atoms with E-state index in [-0.39, 0.29) is 11.2 Å². The highest BCUT2D eigenvalue weighted by Crippen LogP contribution is 2.46. The van der Waals surface area contributed by atoms with E-state index in [9.17, 15) is 5.11 Å². The van der Waals surface area contributed by atoms with Gasteiger partial charge in [-0.3, -0.25) is 0 Å². The maximum Gasteiger partial charge on any atom is 0.318 e. The van der Waals surface area contributed by atoms with E-state index in [1.54, 1.807) is 0 Å². The van der Waals surface area contributed by atoms with Gasteiger partial charge in [-0.15, -0.1) is 0 Å². The van der Waals surface area contributed by atoms with Gasteiger partial charge in [0.25, 0.3) is 0 Å². The molecule has 6 rings (SSSR count). The second-order valence-electron chi connectivity index (χ2n) is 11.9. The van der Waals surface area contributed by atoms with Crippen LogP contribution in [-0.2, 0) is 13.0 Å². The number of piperidine rings is 1. The molecule has 1 N–H and O–H groups in total. The van der Waals surface area contributed by atoms with Gasteiger partial charge >= 0.3 is 6.01 Å². The molecule has 0 spiro atoms. The monoisotopic (exact) mass is 579 g/mol. The van der Waals surface area contributed by atoms with E-state index in [4.69, 9.17) is 14.7 Å². The SMILES string of the molecule is CC1CCCN(c2nc(OCC3(CN(C)C)CC3)nc3c2CCN(c2cc(O)cc4cccc(Br)c24)C3)C1. The Balaban J connectivity index is 1.35. The van der Waals surface area contributed by atoms with Crippen molar-refractivity contribution in [1.82, 2.24) is 14.9 Å². The van der Waals surface area contributed by atoms with Gasteiger partial charge in [0.05, 0.1) is 18.8 Å². The molecule has 0 bridgehead atoms. The fraction of sp³-hybridized carbons (Fsp3) is 0.533. The van der Waals surface area contributed by atoms with Crippen LogP contribution in [0.2, 0.25) is 0 Å². The Bertz CT molecular complexity index is 1340. The van der Waals surface area contributed by atoms with Crippen LogP contribution in [-0.4, -0.2) is 66.9 Å². The standard InChI is InChI=1S/C30H38BrN5O2/c1-20-6-5-12-36(16-20)28-23-9-13-35(26-15-22(37)14-21-7-4-8-24(31)27(21)26)17-25(23)32-29(33-28)38-19-30(10-11-30)18-34(2)3/h4,7-8,14-15,20,37H,5-6,9-13,16-19H2,1-3H3. The molecule has 0 radical (unpaired) electrons. The summed E-state index contributed by atoms with van der Waals surface area (Å²) in [5.41, 5.74) is 3.54. The zero-order valence-electron chi connectivity index (χ0n) is 22.7. The maximum atomic E-state index is 10.5. The largest absolute Gasteiger partial charge is 0.508 e. The molecule has 1 unspecified atom stereocenters. The lowest BCUT2D eigenvalue weighted by Crippen LogP contribution is -2.38. The molecule has 3 aromatic rings. The second kappa shape index (κ2) is 10.2. The summed E-state index contributed by atoms with van der Waals surface area (Å²) >= 11 is 3.75. The molecule has 1 saturated carbocycles. The molecule has 202 valence electrons. The van der Waals surface area contributed by atoms with Crippen molar-refractivity contribution in [3.05, 3.63) is 46.1 Å². The van der Waals surface area contributed by atoms with E-state index in [1.165, 1.54) is 31.2 Å². The van der Waals surface area contributed by atoms with Gasteiger partial charge in [-0.05, 0) is 69.6 Å². The van der Waals surface area contributed by atoms with Crippen molar-refractivity contribution >= 4 is 38.2 Å². The number of nitrogens with zero attached hydrogens (tertiary/aromatic N) is 5. The summed E-state index contributed by atoms with van der Waals surface area (Å²) in [6.07, 6.45) is 5.71. The lowest BCUT2D eigenvalue weighted by molar-refractivity contribution is 0.182. The molecule has 3 aliphatic rings. The Morgan fingerprint density at radius 1 is 1.16 bits per heavy atom. The van der Waals surface area contributed by atoms with Crippen LogP contribution in [0.4, 0.5) is 11.5 Å². The maximum absolute atomic E-state index is 10.5. The number of aromatic hydroxyl groups is 1. The van der Waals surface area contributed by atoms with Crippen molar-refractivity contribution < 1.29 is 9.84 Å². The first kappa shape index (κ1) is 25.7. The third kappa shape index (κ3) is 5.17. The zero-order valence-corrected chi connectivity index (χ0v) is 24.3. The summed E-state index contributed by atoms with van der Waals surface area (Å²) in [4.78, 5) is 17.1. The molecular formula is C30H38BrN5O2. The lowest BCUT2D eigenvalue weighted by Gasteiger charge is -2.37. The number of phenolic OH excluding ortho intramolecular Hbond substituents is 1. The van der Waals surface area contributed by atoms with Crippen molar-refractivity contribution in [3.8, 4) is 11.8 Å². The number of hydrogen-bond donors (Lipinski definition) is 1. The minimum atomic E-state index is 0.224. The van der Waals surface area contributed by atoms with Gasteiger partial charge in [-0.25, -0.2) is 0 Å². The molecule has 0 amide bonds. The molecule has 1 saturated heterocycles. The van der Waals surface area contributed by atoms with Crippen LogP contribution in [0.3, 0.4) is 0 Å². The quantitative estimate of drug-likeness (QED) is 0.390. The Morgan fingerprint density at radius 3 is 2.76 bits per heavy atom. The van der Waals surface area contributed by atoms with Gasteiger partial charge in [-0.1, -0.05) is 35.0 Å². The van der Waals surface area contributed by atoms with Gasteiger partial charge < -0.3 is 24.5 Å². The van der Waals surface area contributed by atoms with E-state index in [0.29, 0.717) is 25.1 Å². The average molecular weight is 581 g/mol. The van der Waals surface area contributed by atoms with Crippen LogP contribution in [0.5, 0.6) is 11.8 Å². The lowest BCUT2D eigenvalue weighted by atomic mass is 9.98. The smallest absolute Gasteiger partial charge is 0.318 e. The first-order valence-electron chi connectivity index (χ1n) is 13.9. The number of fused-ring (bicyclic) bond motifs is 2. The normalized spacial score (nSPS) is 20.6. The Kier molecular flexibility index (Phi) is 6.89. The second-order valence-corrected chi connectivity index (χ2v) is 12.8. The van der Waals surface area contributed by atoms with Gasteiger partial charge in [0.15, 0.2) is 0 Å². The number of ether oxygens (including phenoxy) is 1. The fourth-order valence-corrected chi connectivity index (χ4v) is 6.89. The number of aromatic nitrogens is 2. The van der Waals surface area contributed by atoms with Crippen molar-refractivity contribution in [3.63, 3.8) is 0 Å². The molecular weight excluding hydrogens is 542 g/mol. The van der Waals surface area contributed by atoms with Crippen LogP contribution in [0, 0.1) is 11.3 Å². The third-order valence-electron chi connectivity index (χ3n) is 8.33. The van der Waals surface area contributed by atoms with Crippen LogP contribution in [0.1, 0.15) is 43.9 Å². The van der Waals surface area contributed by atoms with Crippen LogP contribution in [0.15, 0.2) is 34.8 Å². The van der Waals surface area contributed by atoms with E-state index in [1.807, 2.05) is 24.3 Å². The molecule has 2 aromatic carbocycles. The highest BCUT2D eigenvalue weighted by Gasteiger charge is 2.44. The van der Waals surface area contributed by atoms with Crippen molar-refractivity contribution in [1.29, 1.82) is 0 Å². The topological polar surface area (TPSA) is 65.0 Å². The summed E-state index contributed by atoms with van der Waals surface area (Å²) < 4.78 is 7.40. The van der Waals surface area contributed by atoms with Gasteiger partial charge in [0.2, 0.25) is 0 Å². The average Bonchev–Trinajstić information content (AvgIpc) is 3.65. The van der Waals surface area contributed by atoms with E-state index in [2.05, 4.69) is 57.7 Å². The summed E-state index contributed by atoms with van der Waals surface area (Å²) in [5.74, 6) is 2.00. The first-order valence-corrected chi connectivity index (χ1v) is 14.7. The number of halogens is 1. The molecule has 1 aromatic heterocycles. The zero-order chi connectivity index (χ0) is 26.4. The van der Waals surface area contributed by atoms with Crippen LogP contribution < -0.4 is 14.5 Å². The minimum Gasteiger partial charge on any atom is -0.508 e. The van der Waals surface area contributed by atoms with E-state index >= 15 is 0 Å². The van der Waals surface area contributed by atoms with Crippen LogP contribution >= 0.6 is 15.9 Å². The Labute approximate surface area is 233 Å². The number of benzene rings is 2. The van der Waals surface area contributed by atoms with Gasteiger partial charge in [0, 0.05) is 58.8 Å². The Morgan fingerprint density at radius 2 is 2.00 bits per heavy atom. The molecule has 2 fully saturated rings. The summed E-state index contributed by atoms with van der Waals surface area (Å²) in [7, 11) is 4.26. The summed E-state index contributed by atoms with van der Waals surface area (Å²) in [6, 6.07) is 10.3. The van der Waals surface area contributed by atoms with Crippen LogP contribution in [0.25, 0.3) is 10.8 Å². The van der Waals surface area contributed by atoms with Crippen molar-refractivity contribution in [2.75, 3.05) is 56.7 Å². The highest BCUT2D eigenvalue weighted by molar-refractivity contribution is 9.10. The molecule has 38 heavy (non-hydrogen) atoms. The first-order chi connectivity index (χ1) is 18.3.